The van der Waals surface area contributed by atoms with Gasteiger partial charge in [-0.05, 0) is 24.1 Å². The van der Waals surface area contributed by atoms with E-state index in [1.54, 1.807) is 0 Å². The lowest BCUT2D eigenvalue weighted by Crippen LogP contribution is -2.37. The average molecular weight is 293 g/mol. The highest BCUT2D eigenvalue weighted by atomic mass is 19.1. The molecule has 4 N–H and O–H groups in total. The van der Waals surface area contributed by atoms with Gasteiger partial charge < -0.3 is 21.1 Å². The number of amides is 2. The van der Waals surface area contributed by atoms with E-state index >= 15 is 0 Å². The first-order valence-electron chi connectivity index (χ1n) is 6.81. The molecule has 21 heavy (non-hydrogen) atoms. The Bertz CT molecular complexity index is 605. The van der Waals surface area contributed by atoms with Gasteiger partial charge in [0.15, 0.2) is 0 Å². The number of rotatable bonds is 2. The average Bonchev–Trinajstić information content (AvgIpc) is 2.86. The van der Waals surface area contributed by atoms with Crippen LogP contribution in [0.5, 0.6) is 0 Å². The minimum absolute atomic E-state index is 0.0417. The Morgan fingerprint density at radius 1 is 1.38 bits per heavy atom. The van der Waals surface area contributed by atoms with Crippen LogP contribution in [0, 0.1) is 11.7 Å². The van der Waals surface area contributed by atoms with Crippen molar-refractivity contribution < 1.29 is 18.7 Å². The number of carbonyl (C=O) groups excluding carboxylic acids is 2. The van der Waals surface area contributed by atoms with Gasteiger partial charge in [-0.15, -0.1) is 0 Å². The number of halogens is 1. The molecular formula is C14H16FN3O3. The third-order valence-corrected chi connectivity index (χ3v) is 3.81. The largest absolute Gasteiger partial charge is 0.379 e. The lowest BCUT2D eigenvalue weighted by atomic mass is 10.0. The molecule has 1 fully saturated rings. The molecule has 1 aromatic carbocycles. The van der Waals surface area contributed by atoms with Gasteiger partial charge in [-0.25, -0.2) is 4.39 Å². The molecular weight excluding hydrogens is 277 g/mol. The topological polar surface area (TPSA) is 93.4 Å². The summed E-state index contributed by atoms with van der Waals surface area (Å²) in [6, 6.07) is 2.40. The van der Waals surface area contributed by atoms with Gasteiger partial charge in [-0.3, -0.25) is 9.59 Å². The Morgan fingerprint density at radius 3 is 2.90 bits per heavy atom. The molecule has 0 saturated carbocycles. The van der Waals surface area contributed by atoms with Crippen molar-refractivity contribution in [2.75, 3.05) is 23.8 Å². The second-order valence-corrected chi connectivity index (χ2v) is 5.33. The molecule has 2 aliphatic rings. The normalized spacial score (nSPS) is 24.4. The molecule has 0 spiro atoms. The second-order valence-electron chi connectivity index (χ2n) is 5.33. The third kappa shape index (κ3) is 2.74. The molecule has 0 aliphatic carbocycles. The van der Waals surface area contributed by atoms with Crippen LogP contribution in [0.2, 0.25) is 0 Å². The summed E-state index contributed by atoms with van der Waals surface area (Å²) in [4.78, 5) is 23.5. The van der Waals surface area contributed by atoms with Crippen LogP contribution in [0.3, 0.4) is 0 Å². The molecule has 7 heteroatoms. The van der Waals surface area contributed by atoms with E-state index in [2.05, 4.69) is 10.6 Å². The van der Waals surface area contributed by atoms with Crippen molar-refractivity contribution in [1.82, 2.24) is 0 Å². The highest BCUT2D eigenvalue weighted by Gasteiger charge is 2.32. The summed E-state index contributed by atoms with van der Waals surface area (Å²) in [5, 5.41) is 5.20. The number of benzene rings is 1. The van der Waals surface area contributed by atoms with Gasteiger partial charge in [-0.1, -0.05) is 0 Å². The molecule has 2 heterocycles. The van der Waals surface area contributed by atoms with Gasteiger partial charge in [-0.2, -0.15) is 0 Å². The maximum absolute atomic E-state index is 14.0. The minimum Gasteiger partial charge on any atom is -0.379 e. The van der Waals surface area contributed by atoms with Gasteiger partial charge in [0.05, 0.1) is 24.8 Å². The molecule has 0 radical (unpaired) electrons. The van der Waals surface area contributed by atoms with Crippen molar-refractivity contribution in [2.24, 2.45) is 11.7 Å². The Labute approximate surface area is 120 Å². The Kier molecular flexibility index (Phi) is 3.60. The Balaban J connectivity index is 1.80. The third-order valence-electron chi connectivity index (χ3n) is 3.81. The number of aryl methyl sites for hydroxylation is 1. The van der Waals surface area contributed by atoms with Crippen molar-refractivity contribution in [1.29, 1.82) is 0 Å². The fourth-order valence-electron chi connectivity index (χ4n) is 2.56. The van der Waals surface area contributed by atoms with E-state index in [0.29, 0.717) is 25.1 Å². The number of carbonyl (C=O) groups is 2. The zero-order chi connectivity index (χ0) is 15.0. The van der Waals surface area contributed by atoms with Crippen molar-refractivity contribution in [2.45, 2.75) is 18.9 Å². The molecule has 0 bridgehead atoms. The smallest absolute Gasteiger partial charge is 0.231 e. The van der Waals surface area contributed by atoms with Crippen molar-refractivity contribution in [3.8, 4) is 0 Å². The summed E-state index contributed by atoms with van der Waals surface area (Å²) in [6.07, 6.45) is 0.833. The number of hydrogen-bond acceptors (Lipinski definition) is 4. The van der Waals surface area contributed by atoms with Crippen LogP contribution >= 0.6 is 0 Å². The quantitative estimate of drug-likeness (QED) is 0.745. The zero-order valence-electron chi connectivity index (χ0n) is 11.3. The SMILES string of the molecule is NC1COCC1C(=O)Nc1cc2c(cc1F)CCC(=O)N2. The standard InChI is InChI=1S/C14H16FN3O3/c15-9-3-7-1-2-13(19)17-11(7)4-12(9)18-14(20)8-5-21-6-10(8)16/h3-4,8,10H,1-2,5-6,16H2,(H,17,19)(H,18,20). The van der Waals surface area contributed by atoms with Crippen LogP contribution in [0.15, 0.2) is 12.1 Å². The minimum atomic E-state index is -0.522. The number of anilines is 2. The van der Waals surface area contributed by atoms with E-state index in [1.165, 1.54) is 12.1 Å². The molecule has 1 aromatic rings. The van der Waals surface area contributed by atoms with Gasteiger partial charge >= 0.3 is 0 Å². The highest BCUT2D eigenvalue weighted by molar-refractivity contribution is 5.97. The molecule has 2 aliphatic heterocycles. The second kappa shape index (κ2) is 5.42. The van der Waals surface area contributed by atoms with E-state index in [4.69, 9.17) is 10.5 Å². The first-order chi connectivity index (χ1) is 10.0. The van der Waals surface area contributed by atoms with Gasteiger partial charge in [0, 0.05) is 18.2 Å². The van der Waals surface area contributed by atoms with Crippen LogP contribution in [0.25, 0.3) is 0 Å². The van der Waals surface area contributed by atoms with Gasteiger partial charge in [0.1, 0.15) is 5.82 Å². The number of nitrogens with two attached hydrogens (primary N) is 1. The van der Waals surface area contributed by atoms with Crippen LogP contribution in [-0.4, -0.2) is 31.1 Å². The lowest BCUT2D eigenvalue weighted by molar-refractivity contribution is -0.120. The summed E-state index contributed by atoms with van der Waals surface area (Å²) in [5.74, 6) is -1.50. The van der Waals surface area contributed by atoms with Crippen LogP contribution in [-0.2, 0) is 20.7 Å². The maximum atomic E-state index is 14.0. The van der Waals surface area contributed by atoms with Gasteiger partial charge in [0.25, 0.3) is 0 Å². The molecule has 0 aromatic heterocycles. The molecule has 112 valence electrons. The van der Waals surface area contributed by atoms with E-state index in [9.17, 15) is 14.0 Å². The van der Waals surface area contributed by atoms with E-state index in [-0.39, 0.29) is 30.2 Å². The highest BCUT2D eigenvalue weighted by Crippen LogP contribution is 2.29. The first kappa shape index (κ1) is 14.0. The van der Waals surface area contributed by atoms with Crippen LogP contribution < -0.4 is 16.4 Å². The van der Waals surface area contributed by atoms with E-state index in [0.717, 1.165) is 5.56 Å². The summed E-state index contributed by atoms with van der Waals surface area (Å²) in [6.45, 7) is 0.553. The molecule has 2 atom stereocenters. The van der Waals surface area contributed by atoms with Crippen LogP contribution in [0.1, 0.15) is 12.0 Å². The predicted octanol–water partition coefficient (Wildman–Crippen LogP) is 0.623. The van der Waals surface area contributed by atoms with Gasteiger partial charge in [0.2, 0.25) is 11.8 Å². The Hall–Kier alpha value is -1.99. The lowest BCUT2D eigenvalue weighted by Gasteiger charge is -2.19. The molecule has 2 unspecified atom stereocenters. The number of hydrogen-bond donors (Lipinski definition) is 3. The summed E-state index contributed by atoms with van der Waals surface area (Å²) < 4.78 is 19.2. The zero-order valence-corrected chi connectivity index (χ0v) is 11.3. The maximum Gasteiger partial charge on any atom is 0.231 e. The molecule has 3 rings (SSSR count). The van der Waals surface area contributed by atoms with Crippen molar-refractivity contribution >= 4 is 23.2 Å². The number of ether oxygens (including phenoxy) is 1. The number of fused-ring (bicyclic) bond motifs is 1. The fraction of sp³-hybridized carbons (Fsp3) is 0.429. The summed E-state index contributed by atoms with van der Waals surface area (Å²) >= 11 is 0. The van der Waals surface area contributed by atoms with E-state index in [1.807, 2.05) is 0 Å². The first-order valence-corrected chi connectivity index (χ1v) is 6.81. The molecule has 6 nitrogen and oxygen atoms in total. The van der Waals surface area contributed by atoms with Crippen molar-refractivity contribution in [3.05, 3.63) is 23.5 Å². The van der Waals surface area contributed by atoms with E-state index < -0.39 is 11.7 Å². The fourth-order valence-corrected chi connectivity index (χ4v) is 2.56. The number of nitrogens with one attached hydrogen (secondary N) is 2. The van der Waals surface area contributed by atoms with Crippen molar-refractivity contribution in [3.63, 3.8) is 0 Å². The summed E-state index contributed by atoms with van der Waals surface area (Å²) in [5.41, 5.74) is 7.07. The predicted molar refractivity (Wildman–Crippen MR) is 74.3 cm³/mol. The summed E-state index contributed by atoms with van der Waals surface area (Å²) in [7, 11) is 0. The van der Waals surface area contributed by atoms with Crippen LogP contribution in [0.4, 0.5) is 15.8 Å². The monoisotopic (exact) mass is 293 g/mol. The Morgan fingerprint density at radius 2 is 2.19 bits per heavy atom. The molecule has 2 amide bonds. The molecule has 1 saturated heterocycles.